The van der Waals surface area contributed by atoms with Crippen LogP contribution in [-0.4, -0.2) is 0 Å². The van der Waals surface area contributed by atoms with Crippen LogP contribution in [0.4, 0.5) is 0 Å². The minimum atomic E-state index is 1.18. The summed E-state index contributed by atoms with van der Waals surface area (Å²) in [4.78, 5) is 0. The third-order valence-electron chi connectivity index (χ3n) is 13.5. The van der Waals surface area contributed by atoms with Crippen molar-refractivity contribution in [2.24, 2.45) is 0 Å². The van der Waals surface area contributed by atoms with E-state index in [1.54, 1.807) is 0 Å². The van der Waals surface area contributed by atoms with Crippen molar-refractivity contribution in [3.63, 3.8) is 0 Å². The third-order valence-corrected chi connectivity index (χ3v) is 13.5. The molecule has 12 aromatic rings. The summed E-state index contributed by atoms with van der Waals surface area (Å²) in [5.41, 5.74) is 19.6. The fourth-order valence-corrected chi connectivity index (χ4v) is 10.7. The largest absolute Gasteiger partial charge is 0.0622 e. The van der Waals surface area contributed by atoms with Gasteiger partial charge in [-0.2, -0.15) is 0 Å². The van der Waals surface area contributed by atoms with Crippen LogP contribution in [0.25, 0.3) is 132 Å². The Kier molecular flexibility index (Phi) is 8.32. The van der Waals surface area contributed by atoms with Gasteiger partial charge in [0.1, 0.15) is 0 Å². The molecule has 0 heterocycles. The minimum absolute atomic E-state index is 1.18. The van der Waals surface area contributed by atoms with Crippen LogP contribution in [0.5, 0.6) is 0 Å². The summed E-state index contributed by atoms with van der Waals surface area (Å²) >= 11 is 0. The highest BCUT2D eigenvalue weighted by Crippen LogP contribution is 2.58. The predicted molar refractivity (Wildman–Crippen MR) is 274 cm³/mol. The van der Waals surface area contributed by atoms with Crippen molar-refractivity contribution < 1.29 is 0 Å². The number of hydrogen-bond donors (Lipinski definition) is 0. The second-order valence-corrected chi connectivity index (χ2v) is 17.1. The van der Waals surface area contributed by atoms with Crippen LogP contribution in [0.3, 0.4) is 0 Å². The molecule has 0 radical (unpaired) electrons. The Labute approximate surface area is 373 Å². The average Bonchev–Trinajstić information content (AvgIpc) is 3.69. The molecule has 0 unspecified atom stereocenters. The molecule has 0 bridgehead atoms. The van der Waals surface area contributed by atoms with Crippen LogP contribution in [0.1, 0.15) is 0 Å². The van der Waals surface area contributed by atoms with E-state index in [2.05, 4.69) is 243 Å². The van der Waals surface area contributed by atoms with Gasteiger partial charge in [-0.15, -0.1) is 0 Å². The summed E-state index contributed by atoms with van der Waals surface area (Å²) in [6.07, 6.45) is 0. The smallest absolute Gasteiger partial charge is 0.00136 e. The molecule has 296 valence electrons. The molecule has 0 amide bonds. The zero-order valence-electron chi connectivity index (χ0n) is 35.1. The second kappa shape index (κ2) is 14.7. The van der Waals surface area contributed by atoms with E-state index in [0.717, 1.165) is 0 Å². The molecular weight excluding hydrogens is 769 g/mol. The molecule has 0 saturated heterocycles. The van der Waals surface area contributed by atoms with Gasteiger partial charge in [0.2, 0.25) is 0 Å². The Hall–Kier alpha value is -8.32. The molecule has 13 rings (SSSR count). The van der Waals surface area contributed by atoms with Crippen molar-refractivity contribution in [2.45, 2.75) is 0 Å². The lowest BCUT2D eigenvalue weighted by molar-refractivity contribution is 1.53. The first kappa shape index (κ1) is 36.3. The Morgan fingerprint density at radius 1 is 0.156 bits per heavy atom. The van der Waals surface area contributed by atoms with Crippen LogP contribution < -0.4 is 0 Å². The first-order valence-electron chi connectivity index (χ1n) is 22.2. The quantitative estimate of drug-likeness (QED) is 0.157. The van der Waals surface area contributed by atoms with E-state index >= 15 is 0 Å². The third kappa shape index (κ3) is 5.77. The summed E-state index contributed by atoms with van der Waals surface area (Å²) in [6, 6.07) is 90.5. The Morgan fingerprint density at radius 3 is 0.922 bits per heavy atom. The normalized spacial score (nSPS) is 11.8. The van der Waals surface area contributed by atoms with Crippen molar-refractivity contribution in [1.82, 2.24) is 0 Å². The first-order chi connectivity index (χ1) is 31.7. The maximum Gasteiger partial charge on any atom is -0.00136 e. The molecule has 0 nitrogen and oxygen atoms in total. The molecule has 0 fully saturated rings. The van der Waals surface area contributed by atoms with E-state index in [1.807, 2.05) is 0 Å². The molecule has 0 saturated carbocycles. The molecule has 0 N–H and O–H groups in total. The average molecular weight is 809 g/mol. The highest BCUT2D eigenvalue weighted by molar-refractivity contribution is 6.19. The van der Waals surface area contributed by atoms with Gasteiger partial charge < -0.3 is 0 Å². The van der Waals surface area contributed by atoms with Crippen LogP contribution in [-0.2, 0) is 0 Å². The van der Waals surface area contributed by atoms with Gasteiger partial charge in [0.25, 0.3) is 0 Å². The van der Waals surface area contributed by atoms with Crippen LogP contribution >= 0.6 is 0 Å². The van der Waals surface area contributed by atoms with E-state index in [4.69, 9.17) is 0 Å². The summed E-state index contributed by atoms with van der Waals surface area (Å²) in [7, 11) is 0. The molecular formula is C64H40. The summed E-state index contributed by atoms with van der Waals surface area (Å²) in [5.74, 6) is 0. The lowest BCUT2D eigenvalue weighted by Gasteiger charge is -2.29. The predicted octanol–water partition coefficient (Wildman–Crippen LogP) is 17.9. The lowest BCUT2D eigenvalue weighted by atomic mass is 9.73. The SMILES string of the molecule is c1ccc(-c2c(-c3ccccc3)c(-c3ccc4ccccc4c3)c(-c3ccc4ccccc4c3)c(-c3ccc4c(c3)-c3cccc5cccc-4c35)c2-c2ccc3ccccc3c2)cc1. The summed E-state index contributed by atoms with van der Waals surface area (Å²) in [5, 5.41) is 9.93. The fourth-order valence-electron chi connectivity index (χ4n) is 10.7. The molecule has 0 aliphatic heterocycles. The topological polar surface area (TPSA) is 0 Å². The van der Waals surface area contributed by atoms with Gasteiger partial charge in [-0.1, -0.05) is 218 Å². The van der Waals surface area contributed by atoms with Gasteiger partial charge in [0.15, 0.2) is 0 Å². The monoisotopic (exact) mass is 808 g/mol. The number of rotatable bonds is 6. The van der Waals surface area contributed by atoms with Crippen molar-refractivity contribution in [3.05, 3.63) is 243 Å². The van der Waals surface area contributed by atoms with E-state index in [9.17, 15) is 0 Å². The van der Waals surface area contributed by atoms with Crippen molar-refractivity contribution in [2.75, 3.05) is 0 Å². The molecule has 0 aromatic heterocycles. The molecule has 64 heavy (non-hydrogen) atoms. The molecule has 0 atom stereocenters. The van der Waals surface area contributed by atoms with E-state index in [-0.39, 0.29) is 0 Å². The van der Waals surface area contributed by atoms with Crippen molar-refractivity contribution in [3.8, 4) is 89.0 Å². The van der Waals surface area contributed by atoms with Gasteiger partial charge in [-0.25, -0.2) is 0 Å². The van der Waals surface area contributed by atoms with Gasteiger partial charge in [-0.3, -0.25) is 0 Å². The second-order valence-electron chi connectivity index (χ2n) is 17.1. The fraction of sp³-hybridized carbons (Fsp3) is 0. The maximum atomic E-state index is 2.50. The minimum Gasteiger partial charge on any atom is -0.0622 e. The number of benzene rings is 12. The zero-order valence-corrected chi connectivity index (χ0v) is 35.1. The van der Waals surface area contributed by atoms with E-state index in [0.29, 0.717) is 0 Å². The highest BCUT2D eigenvalue weighted by Gasteiger charge is 2.31. The van der Waals surface area contributed by atoms with Gasteiger partial charge in [-0.05, 0) is 156 Å². The summed E-state index contributed by atoms with van der Waals surface area (Å²) in [6.45, 7) is 0. The Balaban J connectivity index is 1.28. The first-order valence-corrected chi connectivity index (χ1v) is 22.2. The summed E-state index contributed by atoms with van der Waals surface area (Å²) < 4.78 is 0. The molecule has 0 heteroatoms. The van der Waals surface area contributed by atoms with Crippen molar-refractivity contribution in [1.29, 1.82) is 0 Å². The molecule has 1 aliphatic rings. The van der Waals surface area contributed by atoms with Gasteiger partial charge in [0, 0.05) is 0 Å². The molecule has 12 aromatic carbocycles. The maximum absolute atomic E-state index is 2.50. The number of hydrogen-bond acceptors (Lipinski definition) is 0. The van der Waals surface area contributed by atoms with Gasteiger partial charge in [0.05, 0.1) is 0 Å². The highest BCUT2D eigenvalue weighted by atomic mass is 14.3. The van der Waals surface area contributed by atoms with Crippen LogP contribution in [0.15, 0.2) is 243 Å². The lowest BCUT2D eigenvalue weighted by Crippen LogP contribution is -2.02. The Bertz CT molecular complexity index is 3810. The Morgan fingerprint density at radius 2 is 0.484 bits per heavy atom. The molecule has 0 spiro atoms. The standard InChI is InChI=1S/C64H40/c1-3-18-45(19-4-1)59-60(46-20-5-2-6-21-46)62(51-33-30-42-16-8-11-23-48(42)38-51)64(53-35-36-54-55-27-13-25-44-26-14-28-56(58(44)55)57(54)40-53)63(52-34-31-43-17-9-12-24-49(43)39-52)61(59)50-32-29-41-15-7-10-22-47(41)37-50/h1-40H. The van der Waals surface area contributed by atoms with E-state index in [1.165, 1.54) is 132 Å². The van der Waals surface area contributed by atoms with E-state index < -0.39 is 0 Å². The van der Waals surface area contributed by atoms with Crippen LogP contribution in [0.2, 0.25) is 0 Å². The van der Waals surface area contributed by atoms with Crippen LogP contribution in [0, 0.1) is 0 Å². The zero-order chi connectivity index (χ0) is 42.1. The van der Waals surface area contributed by atoms with Gasteiger partial charge >= 0.3 is 0 Å². The van der Waals surface area contributed by atoms with Crippen molar-refractivity contribution >= 4 is 43.1 Å². The number of fused-ring (bicyclic) bond motifs is 6. The molecule has 1 aliphatic carbocycles.